The number of fused-ring (bicyclic) bond motifs is 3. The summed E-state index contributed by atoms with van der Waals surface area (Å²) in [4.78, 5) is 29.1. The van der Waals surface area contributed by atoms with E-state index in [1.54, 1.807) is 7.11 Å². The number of esters is 2. The third-order valence-corrected chi connectivity index (χ3v) is 5.35. The van der Waals surface area contributed by atoms with Crippen molar-refractivity contribution in [2.45, 2.75) is 40.2 Å². The molecule has 4 rings (SSSR count). The van der Waals surface area contributed by atoms with Crippen molar-refractivity contribution in [1.29, 1.82) is 0 Å². The molecule has 3 aromatic carbocycles. The minimum Gasteiger partial charge on any atom is -0.497 e. The van der Waals surface area contributed by atoms with Crippen LogP contribution in [0.25, 0.3) is 21.8 Å². The predicted molar refractivity (Wildman–Crippen MR) is 126 cm³/mol. The Labute approximate surface area is 191 Å². The maximum atomic E-state index is 12.1. The molecule has 0 saturated heterocycles. The first kappa shape index (κ1) is 22.3. The summed E-state index contributed by atoms with van der Waals surface area (Å²) in [6.07, 6.45) is 0. The van der Waals surface area contributed by atoms with Gasteiger partial charge in [0.25, 0.3) is 0 Å². The van der Waals surface area contributed by atoms with Gasteiger partial charge < -0.3 is 18.8 Å². The maximum absolute atomic E-state index is 12.1. The minimum atomic E-state index is -0.511. The molecule has 0 N–H and O–H groups in total. The second-order valence-corrected chi connectivity index (χ2v) is 8.15. The molecular weight excluding hydrogens is 420 g/mol. The van der Waals surface area contributed by atoms with Crippen molar-refractivity contribution in [2.75, 3.05) is 7.11 Å². The number of aromatic nitrogens is 2. The van der Waals surface area contributed by atoms with Gasteiger partial charge in [-0.2, -0.15) is 0 Å². The fourth-order valence-corrected chi connectivity index (χ4v) is 4.00. The lowest BCUT2D eigenvalue weighted by Gasteiger charge is -2.17. The molecule has 0 aliphatic heterocycles. The van der Waals surface area contributed by atoms with Gasteiger partial charge in [0.05, 0.1) is 7.11 Å². The lowest BCUT2D eigenvalue weighted by atomic mass is 10.1. The smallest absolute Gasteiger partial charge is 0.308 e. The van der Waals surface area contributed by atoms with Crippen molar-refractivity contribution in [2.24, 2.45) is 0 Å². The van der Waals surface area contributed by atoms with Crippen LogP contribution in [0.4, 0.5) is 0 Å². The van der Waals surface area contributed by atoms with E-state index in [0.717, 1.165) is 22.5 Å². The molecule has 7 heteroatoms. The summed E-state index contributed by atoms with van der Waals surface area (Å²) in [6.45, 7) is 7.26. The monoisotopic (exact) mass is 446 g/mol. The third-order valence-electron chi connectivity index (χ3n) is 5.35. The van der Waals surface area contributed by atoms with E-state index in [0.29, 0.717) is 23.0 Å². The van der Waals surface area contributed by atoms with Gasteiger partial charge in [-0.25, -0.2) is 4.98 Å². The fourth-order valence-electron chi connectivity index (χ4n) is 4.00. The average Bonchev–Trinajstić information content (AvgIpc) is 3.15. The van der Waals surface area contributed by atoms with Crippen LogP contribution < -0.4 is 14.2 Å². The van der Waals surface area contributed by atoms with Crippen LogP contribution in [0.15, 0.2) is 48.5 Å². The Kier molecular flexibility index (Phi) is 6.05. The molecule has 0 saturated carbocycles. The molecule has 0 fully saturated rings. The van der Waals surface area contributed by atoms with Gasteiger partial charge in [0.1, 0.15) is 22.6 Å². The molecule has 33 heavy (non-hydrogen) atoms. The summed E-state index contributed by atoms with van der Waals surface area (Å²) < 4.78 is 18.6. The van der Waals surface area contributed by atoms with E-state index >= 15 is 0 Å². The van der Waals surface area contributed by atoms with Gasteiger partial charge in [0.2, 0.25) is 0 Å². The number of ether oxygens (including phenoxy) is 3. The van der Waals surface area contributed by atoms with Crippen LogP contribution in [0, 0.1) is 0 Å². The van der Waals surface area contributed by atoms with Crippen molar-refractivity contribution in [3.63, 3.8) is 0 Å². The van der Waals surface area contributed by atoms with E-state index in [9.17, 15) is 9.59 Å². The summed E-state index contributed by atoms with van der Waals surface area (Å²) in [5.41, 5.74) is 2.32. The van der Waals surface area contributed by atoms with Crippen molar-refractivity contribution >= 4 is 33.7 Å². The van der Waals surface area contributed by atoms with Crippen LogP contribution in [0.5, 0.6) is 17.2 Å². The topological polar surface area (TPSA) is 79.7 Å². The number of rotatable bonds is 6. The molecule has 7 nitrogen and oxygen atoms in total. The largest absolute Gasteiger partial charge is 0.497 e. The fraction of sp³-hybridized carbons (Fsp3) is 0.269. The molecule has 0 spiro atoms. The number of hydrogen-bond donors (Lipinski definition) is 0. The Hall–Kier alpha value is -3.87. The Morgan fingerprint density at radius 3 is 2.09 bits per heavy atom. The zero-order valence-electron chi connectivity index (χ0n) is 19.3. The van der Waals surface area contributed by atoms with Crippen LogP contribution in [-0.4, -0.2) is 28.6 Å². The number of hydrogen-bond acceptors (Lipinski definition) is 6. The van der Waals surface area contributed by atoms with Crippen LogP contribution in [0.1, 0.15) is 45.0 Å². The second-order valence-electron chi connectivity index (χ2n) is 8.15. The minimum absolute atomic E-state index is 0.0942. The normalized spacial score (nSPS) is 11.2. The first-order chi connectivity index (χ1) is 15.8. The zero-order chi connectivity index (χ0) is 23.7. The third kappa shape index (κ3) is 4.26. The number of benzene rings is 3. The molecule has 0 unspecified atom stereocenters. The van der Waals surface area contributed by atoms with Gasteiger partial charge in [-0.15, -0.1) is 0 Å². The molecule has 1 heterocycles. The van der Waals surface area contributed by atoms with Crippen molar-refractivity contribution in [1.82, 2.24) is 9.55 Å². The lowest BCUT2D eigenvalue weighted by Crippen LogP contribution is -2.11. The summed E-state index contributed by atoms with van der Waals surface area (Å²) in [5.74, 6) is 1.09. The SMILES string of the molecule is COc1ccc(Cn2c(C(C)C)nc3c4ccccc4c(OC(C)=O)c(OC(C)=O)c32)cc1. The van der Waals surface area contributed by atoms with Crippen LogP contribution >= 0.6 is 0 Å². The Morgan fingerprint density at radius 2 is 1.52 bits per heavy atom. The molecule has 0 amide bonds. The van der Waals surface area contributed by atoms with Crippen LogP contribution in [0.2, 0.25) is 0 Å². The molecule has 0 atom stereocenters. The van der Waals surface area contributed by atoms with Crippen LogP contribution in [-0.2, 0) is 16.1 Å². The summed E-state index contributed by atoms with van der Waals surface area (Å²) in [6, 6.07) is 15.3. The quantitative estimate of drug-likeness (QED) is 0.298. The van der Waals surface area contributed by atoms with E-state index in [1.807, 2.05) is 53.1 Å². The Morgan fingerprint density at radius 1 is 0.909 bits per heavy atom. The van der Waals surface area contributed by atoms with Crippen molar-refractivity contribution < 1.29 is 23.8 Å². The highest BCUT2D eigenvalue weighted by Crippen LogP contribution is 2.45. The zero-order valence-corrected chi connectivity index (χ0v) is 19.3. The first-order valence-corrected chi connectivity index (χ1v) is 10.7. The van der Waals surface area contributed by atoms with E-state index < -0.39 is 11.9 Å². The number of imidazole rings is 1. The highest BCUT2D eigenvalue weighted by molar-refractivity contribution is 6.12. The van der Waals surface area contributed by atoms with E-state index in [-0.39, 0.29) is 17.4 Å². The van der Waals surface area contributed by atoms with Crippen molar-refractivity contribution in [3.8, 4) is 17.2 Å². The molecular formula is C26H26N2O5. The molecule has 170 valence electrons. The Balaban J connectivity index is 2.08. The van der Waals surface area contributed by atoms with Gasteiger partial charge >= 0.3 is 11.9 Å². The van der Waals surface area contributed by atoms with E-state index in [2.05, 4.69) is 13.8 Å². The maximum Gasteiger partial charge on any atom is 0.308 e. The summed E-state index contributed by atoms with van der Waals surface area (Å²) in [7, 11) is 1.63. The van der Waals surface area contributed by atoms with Gasteiger partial charge in [-0.3, -0.25) is 9.59 Å². The van der Waals surface area contributed by atoms with Crippen LogP contribution in [0.3, 0.4) is 0 Å². The number of carbonyl (C=O) groups is 2. The van der Waals surface area contributed by atoms with Gasteiger partial charge in [0, 0.05) is 37.1 Å². The molecule has 0 aliphatic carbocycles. The molecule has 0 aliphatic rings. The number of nitrogens with zero attached hydrogens (tertiary/aromatic N) is 2. The molecule has 0 radical (unpaired) electrons. The highest BCUT2D eigenvalue weighted by atomic mass is 16.6. The lowest BCUT2D eigenvalue weighted by molar-refractivity contribution is -0.134. The molecule has 1 aromatic heterocycles. The molecule has 0 bridgehead atoms. The van der Waals surface area contributed by atoms with Crippen molar-refractivity contribution in [3.05, 3.63) is 59.9 Å². The highest BCUT2D eigenvalue weighted by Gasteiger charge is 2.26. The average molecular weight is 447 g/mol. The predicted octanol–water partition coefficient (Wildman–Crippen LogP) is 5.22. The molecule has 4 aromatic rings. The second kappa shape index (κ2) is 8.94. The van der Waals surface area contributed by atoms with E-state index in [1.165, 1.54) is 13.8 Å². The number of carbonyl (C=O) groups excluding carboxylic acids is 2. The van der Waals surface area contributed by atoms with E-state index in [4.69, 9.17) is 19.2 Å². The van der Waals surface area contributed by atoms with Gasteiger partial charge in [-0.05, 0) is 17.7 Å². The van der Waals surface area contributed by atoms with Gasteiger partial charge in [0.15, 0.2) is 11.5 Å². The standard InChI is InChI=1S/C26H26N2O5/c1-15(2)26-27-22-20-8-6-7-9-21(20)24(32-16(3)29)25(33-17(4)30)23(22)28(26)14-18-10-12-19(31-5)13-11-18/h6-13,15H,14H2,1-5H3. The summed E-state index contributed by atoms with van der Waals surface area (Å²) >= 11 is 0. The number of methoxy groups -OCH3 is 1. The first-order valence-electron chi connectivity index (χ1n) is 10.7. The van der Waals surface area contributed by atoms with Gasteiger partial charge in [-0.1, -0.05) is 50.2 Å². The Bertz CT molecular complexity index is 1350. The summed E-state index contributed by atoms with van der Waals surface area (Å²) in [5, 5.41) is 1.47.